The van der Waals surface area contributed by atoms with Crippen LogP contribution >= 0.6 is 15.9 Å². The molecule has 0 amide bonds. The van der Waals surface area contributed by atoms with E-state index in [-0.39, 0.29) is 5.78 Å². The Morgan fingerprint density at radius 3 is 2.22 bits per heavy atom. The summed E-state index contributed by atoms with van der Waals surface area (Å²) in [5.41, 5.74) is 0.958. The molecule has 0 aliphatic heterocycles. The van der Waals surface area contributed by atoms with Crippen LogP contribution in [-0.2, 0) is 11.2 Å². The number of carbonyl (C=O) groups excluding carboxylic acids is 1. The lowest BCUT2D eigenvalue weighted by Crippen LogP contribution is -2.01. The maximum atomic E-state index is 11.1. The zero-order chi connectivity index (χ0) is 13.7. The van der Waals surface area contributed by atoms with Crippen molar-refractivity contribution in [2.45, 2.75) is 19.8 Å². The van der Waals surface area contributed by atoms with Crippen LogP contribution in [0.2, 0.25) is 0 Å². The molecule has 0 N–H and O–H groups in total. The van der Waals surface area contributed by atoms with Gasteiger partial charge in [-0.15, -0.1) is 0 Å². The highest BCUT2D eigenvalue weighted by atomic mass is 79.9. The van der Waals surface area contributed by atoms with E-state index in [0.717, 1.165) is 10.0 Å². The van der Waals surface area contributed by atoms with Gasteiger partial charge in [0.1, 0.15) is 5.78 Å². The fraction of sp³-hybridized carbons (Fsp3) is 0.462. The third-order valence-electron chi connectivity index (χ3n) is 2.59. The topological polar surface area (TPSA) is 44.8 Å². The summed E-state index contributed by atoms with van der Waals surface area (Å²) < 4.78 is 16.7. The number of ether oxygens (including phenoxy) is 3. The molecule has 1 aromatic carbocycles. The molecule has 5 heteroatoms. The van der Waals surface area contributed by atoms with Crippen molar-refractivity contribution in [2.24, 2.45) is 0 Å². The maximum Gasteiger partial charge on any atom is 0.204 e. The molecule has 0 heterocycles. The van der Waals surface area contributed by atoms with Gasteiger partial charge < -0.3 is 19.0 Å². The monoisotopic (exact) mass is 316 g/mol. The number of carbonyl (C=O) groups is 1. The minimum atomic E-state index is 0.149. The summed E-state index contributed by atoms with van der Waals surface area (Å²) in [5.74, 6) is 1.86. The van der Waals surface area contributed by atoms with Gasteiger partial charge in [0.05, 0.1) is 25.8 Å². The Labute approximate surface area is 115 Å². The highest BCUT2D eigenvalue weighted by Crippen LogP contribution is 2.44. The van der Waals surface area contributed by atoms with Gasteiger partial charge in [0.2, 0.25) is 5.75 Å². The average Bonchev–Trinajstić information content (AvgIpc) is 2.36. The molecule has 18 heavy (non-hydrogen) atoms. The van der Waals surface area contributed by atoms with Gasteiger partial charge in [-0.1, -0.05) is 0 Å². The van der Waals surface area contributed by atoms with Gasteiger partial charge in [0.25, 0.3) is 0 Å². The number of halogens is 1. The Morgan fingerprint density at radius 2 is 1.78 bits per heavy atom. The summed E-state index contributed by atoms with van der Waals surface area (Å²) in [5, 5.41) is 0. The Hall–Kier alpha value is -1.23. The van der Waals surface area contributed by atoms with E-state index in [0.29, 0.717) is 30.1 Å². The molecule has 1 aromatic rings. The van der Waals surface area contributed by atoms with E-state index in [4.69, 9.17) is 14.2 Å². The number of methoxy groups -OCH3 is 3. The minimum Gasteiger partial charge on any atom is -0.493 e. The van der Waals surface area contributed by atoms with Crippen molar-refractivity contribution in [3.8, 4) is 17.2 Å². The van der Waals surface area contributed by atoms with E-state index in [1.165, 1.54) is 0 Å². The lowest BCUT2D eigenvalue weighted by molar-refractivity contribution is -0.116. The Kier molecular flexibility index (Phi) is 5.47. The molecule has 0 saturated carbocycles. The number of hydrogen-bond donors (Lipinski definition) is 0. The molecule has 0 aromatic heterocycles. The van der Waals surface area contributed by atoms with Gasteiger partial charge in [-0.3, -0.25) is 0 Å². The number of rotatable bonds is 6. The molecule has 0 unspecified atom stereocenters. The highest BCUT2D eigenvalue weighted by molar-refractivity contribution is 9.10. The molecule has 100 valence electrons. The lowest BCUT2D eigenvalue weighted by atomic mass is 10.1. The van der Waals surface area contributed by atoms with E-state index in [1.54, 1.807) is 28.3 Å². The predicted molar refractivity (Wildman–Crippen MR) is 72.8 cm³/mol. The Bertz CT molecular complexity index is 443. The van der Waals surface area contributed by atoms with Gasteiger partial charge in [-0.25, -0.2) is 0 Å². The largest absolute Gasteiger partial charge is 0.493 e. The maximum absolute atomic E-state index is 11.1. The second kappa shape index (κ2) is 6.64. The fourth-order valence-electron chi connectivity index (χ4n) is 1.66. The smallest absolute Gasteiger partial charge is 0.204 e. The predicted octanol–water partition coefficient (Wildman–Crippen LogP) is 3.00. The van der Waals surface area contributed by atoms with Crippen LogP contribution in [-0.4, -0.2) is 27.1 Å². The zero-order valence-electron chi connectivity index (χ0n) is 11.0. The number of hydrogen-bond acceptors (Lipinski definition) is 4. The number of ketones is 1. The molecule has 0 atom stereocenters. The third-order valence-corrected chi connectivity index (χ3v) is 3.46. The van der Waals surface area contributed by atoms with Crippen LogP contribution in [0.4, 0.5) is 0 Å². The molecule has 1 rings (SSSR count). The normalized spacial score (nSPS) is 10.1. The molecular weight excluding hydrogens is 300 g/mol. The van der Waals surface area contributed by atoms with Crippen molar-refractivity contribution in [2.75, 3.05) is 21.3 Å². The van der Waals surface area contributed by atoms with E-state index in [1.807, 2.05) is 6.07 Å². The molecule has 0 bridgehead atoms. The summed E-state index contributed by atoms with van der Waals surface area (Å²) in [7, 11) is 4.69. The number of Topliss-reactive ketones (excluding diaryl/α,β-unsaturated/α-hetero) is 1. The molecule has 0 fully saturated rings. The van der Waals surface area contributed by atoms with Crippen LogP contribution in [0.3, 0.4) is 0 Å². The van der Waals surface area contributed by atoms with Crippen molar-refractivity contribution in [3.63, 3.8) is 0 Å². The lowest BCUT2D eigenvalue weighted by Gasteiger charge is -2.16. The van der Waals surface area contributed by atoms with E-state index in [2.05, 4.69) is 15.9 Å². The molecule has 0 spiro atoms. The van der Waals surface area contributed by atoms with Crippen LogP contribution in [0.1, 0.15) is 18.9 Å². The molecule has 0 radical (unpaired) electrons. The minimum absolute atomic E-state index is 0.149. The first-order chi connectivity index (χ1) is 8.54. The van der Waals surface area contributed by atoms with E-state index in [9.17, 15) is 4.79 Å². The molecule has 0 saturated heterocycles. The number of aryl methyl sites for hydroxylation is 1. The molecular formula is C13H17BrO4. The Balaban J connectivity index is 3.23. The summed E-state index contributed by atoms with van der Waals surface area (Å²) in [4.78, 5) is 11.1. The summed E-state index contributed by atoms with van der Waals surface area (Å²) in [6.07, 6.45) is 1.11. The SMILES string of the molecule is COc1cc(CCC(C)=O)c(Br)c(OC)c1OC. The summed E-state index contributed by atoms with van der Waals surface area (Å²) in [6.45, 7) is 1.58. The van der Waals surface area contributed by atoms with Gasteiger partial charge in [-0.2, -0.15) is 0 Å². The zero-order valence-corrected chi connectivity index (χ0v) is 12.6. The van der Waals surface area contributed by atoms with Crippen molar-refractivity contribution >= 4 is 21.7 Å². The third kappa shape index (κ3) is 3.16. The highest BCUT2D eigenvalue weighted by Gasteiger charge is 2.18. The Morgan fingerprint density at radius 1 is 1.17 bits per heavy atom. The molecule has 4 nitrogen and oxygen atoms in total. The summed E-state index contributed by atoms with van der Waals surface area (Å²) in [6, 6.07) is 1.86. The van der Waals surface area contributed by atoms with Crippen LogP contribution < -0.4 is 14.2 Å². The molecule has 0 aliphatic rings. The first kappa shape index (κ1) is 14.8. The second-order valence-electron chi connectivity index (χ2n) is 3.82. The van der Waals surface area contributed by atoms with Crippen molar-refractivity contribution in [1.82, 2.24) is 0 Å². The van der Waals surface area contributed by atoms with Crippen molar-refractivity contribution < 1.29 is 19.0 Å². The van der Waals surface area contributed by atoms with Gasteiger partial charge in [-0.05, 0) is 40.9 Å². The van der Waals surface area contributed by atoms with Crippen molar-refractivity contribution in [1.29, 1.82) is 0 Å². The first-order valence-corrected chi connectivity index (χ1v) is 6.31. The standard InChI is InChI=1S/C13H17BrO4/c1-8(15)5-6-9-7-10(16-2)12(17-3)13(18-4)11(9)14/h7H,5-6H2,1-4H3. The van der Waals surface area contributed by atoms with Crippen LogP contribution in [0.15, 0.2) is 10.5 Å². The van der Waals surface area contributed by atoms with Gasteiger partial charge in [0, 0.05) is 6.42 Å². The van der Waals surface area contributed by atoms with Gasteiger partial charge >= 0.3 is 0 Å². The average molecular weight is 317 g/mol. The fourth-order valence-corrected chi connectivity index (χ4v) is 2.32. The van der Waals surface area contributed by atoms with Crippen LogP contribution in [0.25, 0.3) is 0 Å². The van der Waals surface area contributed by atoms with Crippen molar-refractivity contribution in [3.05, 3.63) is 16.1 Å². The number of benzene rings is 1. The second-order valence-corrected chi connectivity index (χ2v) is 4.61. The van der Waals surface area contributed by atoms with Gasteiger partial charge in [0.15, 0.2) is 11.5 Å². The molecule has 0 aliphatic carbocycles. The van der Waals surface area contributed by atoms with Crippen LogP contribution in [0, 0.1) is 0 Å². The quantitative estimate of drug-likeness (QED) is 0.809. The van der Waals surface area contributed by atoms with E-state index < -0.39 is 0 Å². The summed E-state index contributed by atoms with van der Waals surface area (Å²) >= 11 is 3.47. The van der Waals surface area contributed by atoms with E-state index >= 15 is 0 Å². The van der Waals surface area contributed by atoms with Crippen LogP contribution in [0.5, 0.6) is 17.2 Å². The first-order valence-electron chi connectivity index (χ1n) is 5.51.